The van der Waals surface area contributed by atoms with Crippen LogP contribution in [0.2, 0.25) is 0 Å². The highest BCUT2D eigenvalue weighted by Crippen LogP contribution is 2.31. The number of benzene rings is 1. The van der Waals surface area contributed by atoms with Gasteiger partial charge in [-0.2, -0.15) is 13.2 Å². The Bertz CT molecular complexity index is 729. The van der Waals surface area contributed by atoms with Gasteiger partial charge in [-0.25, -0.2) is 0 Å². The third kappa shape index (κ3) is 5.86. The lowest BCUT2D eigenvalue weighted by Gasteiger charge is -2.34. The molecule has 1 fully saturated rings. The molecule has 0 aliphatic carbocycles. The van der Waals surface area contributed by atoms with Crippen molar-refractivity contribution in [3.8, 4) is 5.75 Å². The van der Waals surface area contributed by atoms with E-state index in [0.717, 1.165) is 12.1 Å². The van der Waals surface area contributed by atoms with Crippen molar-refractivity contribution in [1.82, 2.24) is 15.1 Å². The number of piperazine rings is 1. The summed E-state index contributed by atoms with van der Waals surface area (Å²) in [4.78, 5) is 38.8. The second kappa shape index (κ2) is 8.94. The van der Waals surface area contributed by atoms with Crippen LogP contribution in [0, 0.1) is 0 Å². The molecule has 1 heterocycles. The van der Waals surface area contributed by atoms with E-state index in [1.807, 2.05) is 0 Å². The molecule has 0 spiro atoms. The van der Waals surface area contributed by atoms with Crippen molar-refractivity contribution < 1.29 is 32.3 Å². The Morgan fingerprint density at radius 1 is 1.11 bits per heavy atom. The first-order valence-corrected chi connectivity index (χ1v) is 8.75. The fraction of sp³-hybridized carbons (Fsp3) is 0.500. The predicted octanol–water partition coefficient (Wildman–Crippen LogP) is 1.28. The van der Waals surface area contributed by atoms with E-state index in [1.165, 1.54) is 21.9 Å². The molecule has 0 aromatic heterocycles. The Labute approximate surface area is 160 Å². The first-order chi connectivity index (χ1) is 13.1. The summed E-state index contributed by atoms with van der Waals surface area (Å²) in [6.45, 7) is 3.89. The smallest absolute Gasteiger partial charge is 0.416 e. The van der Waals surface area contributed by atoms with Crippen molar-refractivity contribution in [2.75, 3.05) is 32.8 Å². The van der Waals surface area contributed by atoms with Gasteiger partial charge in [0, 0.05) is 32.2 Å². The molecule has 10 heteroatoms. The van der Waals surface area contributed by atoms with E-state index in [9.17, 15) is 27.6 Å². The van der Waals surface area contributed by atoms with Crippen molar-refractivity contribution in [1.29, 1.82) is 0 Å². The Balaban J connectivity index is 1.83. The van der Waals surface area contributed by atoms with Crippen molar-refractivity contribution in [2.45, 2.75) is 26.1 Å². The second-order valence-corrected chi connectivity index (χ2v) is 6.62. The van der Waals surface area contributed by atoms with Crippen LogP contribution in [0.25, 0.3) is 0 Å². The van der Waals surface area contributed by atoms with Gasteiger partial charge in [-0.1, -0.05) is 6.07 Å². The molecule has 1 aromatic rings. The van der Waals surface area contributed by atoms with Gasteiger partial charge >= 0.3 is 18.0 Å². The van der Waals surface area contributed by atoms with E-state index < -0.39 is 36.1 Å². The highest BCUT2D eigenvalue weighted by Gasteiger charge is 2.31. The van der Waals surface area contributed by atoms with E-state index in [1.54, 1.807) is 13.8 Å². The third-order valence-corrected chi connectivity index (χ3v) is 4.06. The molecule has 1 aliphatic rings. The van der Waals surface area contributed by atoms with Gasteiger partial charge in [0.15, 0.2) is 6.61 Å². The third-order valence-electron chi connectivity index (χ3n) is 4.06. The second-order valence-electron chi connectivity index (χ2n) is 6.62. The van der Waals surface area contributed by atoms with Crippen LogP contribution in [-0.2, 0) is 20.6 Å². The number of alkyl halides is 3. The number of rotatable bonds is 4. The molecule has 2 rings (SSSR count). The minimum atomic E-state index is -4.49. The van der Waals surface area contributed by atoms with Crippen molar-refractivity contribution in [3.05, 3.63) is 29.8 Å². The normalized spacial score (nSPS) is 14.8. The average molecular weight is 401 g/mol. The maximum atomic E-state index is 12.7. The van der Waals surface area contributed by atoms with Gasteiger partial charge in [-0.15, -0.1) is 0 Å². The molecule has 0 unspecified atom stereocenters. The van der Waals surface area contributed by atoms with Gasteiger partial charge < -0.3 is 19.9 Å². The highest BCUT2D eigenvalue weighted by atomic mass is 19.4. The lowest BCUT2D eigenvalue weighted by molar-refractivity contribution is -0.148. The predicted molar refractivity (Wildman–Crippen MR) is 93.4 cm³/mol. The molecule has 7 nitrogen and oxygen atoms in total. The van der Waals surface area contributed by atoms with E-state index in [-0.39, 0.29) is 38.0 Å². The van der Waals surface area contributed by atoms with Gasteiger partial charge in [0.1, 0.15) is 5.75 Å². The fourth-order valence-electron chi connectivity index (χ4n) is 2.63. The topological polar surface area (TPSA) is 79.0 Å². The molecule has 3 amide bonds. The molecular formula is C18H22F3N3O4. The summed E-state index contributed by atoms with van der Waals surface area (Å²) in [5.41, 5.74) is -0.857. The Hall–Kier alpha value is -2.78. The molecule has 0 bridgehead atoms. The zero-order valence-electron chi connectivity index (χ0n) is 15.6. The molecular weight excluding hydrogens is 379 g/mol. The molecule has 1 N–H and O–H groups in total. The first kappa shape index (κ1) is 21.5. The molecule has 0 saturated carbocycles. The van der Waals surface area contributed by atoms with Crippen LogP contribution in [0.3, 0.4) is 0 Å². The van der Waals surface area contributed by atoms with Gasteiger partial charge in [0.25, 0.3) is 5.91 Å². The molecule has 1 saturated heterocycles. The number of nitrogens with one attached hydrogen (secondary N) is 1. The number of halogens is 3. The minimum absolute atomic E-state index is 0.0534. The highest BCUT2D eigenvalue weighted by molar-refractivity contribution is 6.35. The van der Waals surface area contributed by atoms with Crippen LogP contribution in [0.15, 0.2) is 24.3 Å². The maximum Gasteiger partial charge on any atom is 0.416 e. The molecule has 1 aromatic carbocycles. The molecule has 0 radical (unpaired) electrons. The number of carbonyl (C=O) groups excluding carboxylic acids is 3. The zero-order valence-corrected chi connectivity index (χ0v) is 15.6. The van der Waals surface area contributed by atoms with E-state index in [2.05, 4.69) is 5.32 Å². The van der Waals surface area contributed by atoms with Crippen LogP contribution < -0.4 is 10.1 Å². The van der Waals surface area contributed by atoms with Gasteiger partial charge in [-0.05, 0) is 32.0 Å². The summed E-state index contributed by atoms with van der Waals surface area (Å²) in [6, 6.07) is 4.13. The molecule has 0 atom stereocenters. The molecule has 28 heavy (non-hydrogen) atoms. The minimum Gasteiger partial charge on any atom is -0.484 e. The maximum absolute atomic E-state index is 12.7. The van der Waals surface area contributed by atoms with Crippen LogP contribution in [-0.4, -0.2) is 66.3 Å². The summed E-state index contributed by atoms with van der Waals surface area (Å²) >= 11 is 0. The summed E-state index contributed by atoms with van der Waals surface area (Å²) in [5, 5.41) is 2.52. The summed E-state index contributed by atoms with van der Waals surface area (Å²) in [7, 11) is 0. The van der Waals surface area contributed by atoms with Gasteiger partial charge in [0.2, 0.25) is 0 Å². The van der Waals surface area contributed by atoms with Crippen molar-refractivity contribution in [2.24, 2.45) is 0 Å². The van der Waals surface area contributed by atoms with Crippen LogP contribution >= 0.6 is 0 Å². The summed E-state index contributed by atoms with van der Waals surface area (Å²) in [5.74, 6) is -1.80. The number of ether oxygens (including phenoxy) is 1. The van der Waals surface area contributed by atoms with E-state index in [4.69, 9.17) is 4.74 Å². The number of carbonyl (C=O) groups is 3. The number of amides is 3. The van der Waals surface area contributed by atoms with Crippen LogP contribution in [0.4, 0.5) is 13.2 Å². The standard InChI is InChI=1S/C18H22F3N3O4/c1-12(2)22-16(26)17(27)24-8-6-23(7-9-24)15(25)11-28-14-5-3-4-13(10-14)18(19,20)21/h3-5,10,12H,6-9,11H2,1-2H3,(H,22,26). The fourth-order valence-corrected chi connectivity index (χ4v) is 2.63. The Kier molecular flexibility index (Phi) is 6.87. The lowest BCUT2D eigenvalue weighted by Crippen LogP contribution is -2.55. The van der Waals surface area contributed by atoms with Crippen molar-refractivity contribution >= 4 is 17.7 Å². The van der Waals surface area contributed by atoms with Crippen LogP contribution in [0.1, 0.15) is 19.4 Å². The largest absolute Gasteiger partial charge is 0.484 e. The Morgan fingerprint density at radius 2 is 1.71 bits per heavy atom. The molecule has 154 valence electrons. The first-order valence-electron chi connectivity index (χ1n) is 8.75. The zero-order chi connectivity index (χ0) is 20.9. The van der Waals surface area contributed by atoms with E-state index in [0.29, 0.717) is 0 Å². The summed E-state index contributed by atoms with van der Waals surface area (Å²) < 4.78 is 43.3. The number of hydrogen-bond acceptors (Lipinski definition) is 4. The SMILES string of the molecule is CC(C)NC(=O)C(=O)N1CCN(C(=O)COc2cccc(C(F)(F)F)c2)CC1. The van der Waals surface area contributed by atoms with Gasteiger partial charge in [-0.3, -0.25) is 14.4 Å². The number of hydrogen-bond donors (Lipinski definition) is 1. The monoisotopic (exact) mass is 401 g/mol. The average Bonchev–Trinajstić information content (AvgIpc) is 2.64. The Morgan fingerprint density at radius 3 is 2.29 bits per heavy atom. The van der Waals surface area contributed by atoms with E-state index >= 15 is 0 Å². The summed E-state index contributed by atoms with van der Waals surface area (Å²) in [6.07, 6.45) is -4.49. The quantitative estimate of drug-likeness (QED) is 0.771. The molecule has 1 aliphatic heterocycles. The van der Waals surface area contributed by atoms with Crippen molar-refractivity contribution in [3.63, 3.8) is 0 Å². The number of nitrogens with zero attached hydrogens (tertiary/aromatic N) is 2. The lowest BCUT2D eigenvalue weighted by atomic mass is 10.2. The van der Waals surface area contributed by atoms with Gasteiger partial charge in [0.05, 0.1) is 5.56 Å². The van der Waals surface area contributed by atoms with Crippen LogP contribution in [0.5, 0.6) is 5.75 Å².